The average Bonchev–Trinajstić information content (AvgIpc) is 2.93. The minimum Gasteiger partial charge on any atom is -0.593 e. The molecule has 200 valence electrons. The van der Waals surface area contributed by atoms with Crippen molar-refractivity contribution in [2.24, 2.45) is 0 Å². The van der Waals surface area contributed by atoms with E-state index in [2.05, 4.69) is 22.0 Å². The van der Waals surface area contributed by atoms with Crippen LogP contribution in [0.3, 0.4) is 0 Å². The SMILES string of the molecule is CN1CCC(N[S+]([O-])c2ccc(NC(=O)[C@H](Cc3ccccc3)N(C)C(=O)c3ccc(F)cc3)cc2)CC1. The van der Waals surface area contributed by atoms with Gasteiger partial charge in [-0.05, 0) is 87.1 Å². The molecule has 0 saturated carbocycles. The van der Waals surface area contributed by atoms with Crippen LogP contribution < -0.4 is 10.0 Å². The maximum atomic E-state index is 13.4. The Labute approximate surface area is 226 Å². The first-order valence-corrected chi connectivity index (χ1v) is 13.8. The molecule has 0 bridgehead atoms. The van der Waals surface area contributed by atoms with Crippen LogP contribution >= 0.6 is 0 Å². The molecule has 3 aromatic rings. The van der Waals surface area contributed by atoms with Crippen molar-refractivity contribution in [1.82, 2.24) is 14.5 Å². The van der Waals surface area contributed by atoms with Gasteiger partial charge in [0.1, 0.15) is 11.9 Å². The molecule has 1 heterocycles. The summed E-state index contributed by atoms with van der Waals surface area (Å²) in [6, 6.07) is 21.0. The number of hydrogen-bond acceptors (Lipinski definition) is 5. The van der Waals surface area contributed by atoms with E-state index in [4.69, 9.17) is 0 Å². The van der Waals surface area contributed by atoms with Crippen LogP contribution in [-0.4, -0.2) is 65.4 Å². The van der Waals surface area contributed by atoms with E-state index in [0.717, 1.165) is 31.5 Å². The summed E-state index contributed by atoms with van der Waals surface area (Å²) in [5, 5.41) is 2.89. The molecule has 0 aliphatic carbocycles. The lowest BCUT2D eigenvalue weighted by molar-refractivity contribution is -0.120. The molecule has 1 fully saturated rings. The Morgan fingerprint density at radius 1 is 1.03 bits per heavy atom. The zero-order chi connectivity index (χ0) is 27.1. The molecule has 9 heteroatoms. The van der Waals surface area contributed by atoms with Crippen LogP contribution in [0.1, 0.15) is 28.8 Å². The number of benzene rings is 3. The van der Waals surface area contributed by atoms with Crippen LogP contribution in [0.2, 0.25) is 0 Å². The van der Waals surface area contributed by atoms with E-state index < -0.39 is 23.2 Å². The molecule has 38 heavy (non-hydrogen) atoms. The summed E-state index contributed by atoms with van der Waals surface area (Å²) in [5.41, 5.74) is 1.73. The lowest BCUT2D eigenvalue weighted by atomic mass is 10.0. The van der Waals surface area contributed by atoms with E-state index in [1.165, 1.54) is 29.2 Å². The van der Waals surface area contributed by atoms with Gasteiger partial charge in [0.25, 0.3) is 5.91 Å². The molecule has 2 amide bonds. The van der Waals surface area contributed by atoms with Crippen molar-refractivity contribution in [3.63, 3.8) is 0 Å². The van der Waals surface area contributed by atoms with E-state index in [0.29, 0.717) is 22.6 Å². The lowest BCUT2D eigenvalue weighted by Gasteiger charge is -2.29. The third kappa shape index (κ3) is 7.41. The lowest BCUT2D eigenvalue weighted by Crippen LogP contribution is -2.46. The number of likely N-dealkylation sites (tertiary alicyclic amines) is 1. The summed E-state index contributed by atoms with van der Waals surface area (Å²) >= 11 is -1.35. The van der Waals surface area contributed by atoms with Crippen molar-refractivity contribution in [2.75, 3.05) is 32.5 Å². The predicted molar refractivity (Wildman–Crippen MR) is 148 cm³/mol. The maximum Gasteiger partial charge on any atom is 0.254 e. The summed E-state index contributed by atoms with van der Waals surface area (Å²) in [7, 11) is 3.65. The smallest absolute Gasteiger partial charge is 0.254 e. The number of carbonyl (C=O) groups excluding carboxylic acids is 2. The van der Waals surface area contributed by atoms with E-state index in [1.54, 1.807) is 31.3 Å². The number of nitrogens with zero attached hydrogens (tertiary/aromatic N) is 2. The van der Waals surface area contributed by atoms with Crippen molar-refractivity contribution in [1.29, 1.82) is 0 Å². The first-order chi connectivity index (χ1) is 18.3. The Kier molecular flexibility index (Phi) is 9.52. The van der Waals surface area contributed by atoms with Gasteiger partial charge in [-0.15, -0.1) is 4.72 Å². The van der Waals surface area contributed by atoms with Gasteiger partial charge in [0, 0.05) is 24.7 Å². The molecule has 2 atom stereocenters. The number of amides is 2. The molecule has 1 aliphatic rings. The summed E-state index contributed by atoms with van der Waals surface area (Å²) in [6.07, 6.45) is 2.20. The highest BCUT2D eigenvalue weighted by molar-refractivity contribution is 7.89. The summed E-state index contributed by atoms with van der Waals surface area (Å²) < 4.78 is 29.4. The molecule has 0 radical (unpaired) electrons. The number of anilines is 1. The molecule has 7 nitrogen and oxygen atoms in total. The van der Waals surface area contributed by atoms with E-state index in [9.17, 15) is 18.5 Å². The monoisotopic (exact) mass is 536 g/mol. The van der Waals surface area contributed by atoms with Gasteiger partial charge in [0.15, 0.2) is 4.90 Å². The highest BCUT2D eigenvalue weighted by Gasteiger charge is 2.28. The van der Waals surface area contributed by atoms with Crippen molar-refractivity contribution in [3.8, 4) is 0 Å². The van der Waals surface area contributed by atoms with Gasteiger partial charge in [-0.25, -0.2) is 4.39 Å². The average molecular weight is 537 g/mol. The second-order valence-corrected chi connectivity index (χ2v) is 10.9. The topological polar surface area (TPSA) is 87.7 Å². The fourth-order valence-corrected chi connectivity index (χ4v) is 5.47. The number of hydrogen-bond donors (Lipinski definition) is 2. The van der Waals surface area contributed by atoms with Gasteiger partial charge in [0.2, 0.25) is 5.91 Å². The Morgan fingerprint density at radius 2 is 1.66 bits per heavy atom. The molecule has 2 N–H and O–H groups in total. The van der Waals surface area contributed by atoms with E-state index in [1.807, 2.05) is 30.3 Å². The first kappa shape index (κ1) is 27.8. The number of carbonyl (C=O) groups is 2. The standard InChI is InChI=1S/C29H33FN4O3S/c1-33-18-16-25(17-19-33)32-38(37)26-14-12-24(13-15-26)31-28(35)27(20-21-6-4-3-5-7-21)34(2)29(36)22-8-10-23(30)11-9-22/h3-15,25,27,32H,16-20H2,1-2H3,(H,31,35)/t27-,38?/m0/s1. The third-order valence-corrected chi connectivity index (χ3v) is 8.03. The van der Waals surface area contributed by atoms with Crippen LogP contribution in [0.15, 0.2) is 83.8 Å². The van der Waals surface area contributed by atoms with Crippen LogP contribution in [0, 0.1) is 5.82 Å². The minimum atomic E-state index is -1.35. The maximum absolute atomic E-state index is 13.4. The van der Waals surface area contributed by atoms with E-state index in [-0.39, 0.29) is 17.9 Å². The number of rotatable bonds is 9. The molecule has 4 rings (SSSR count). The quantitative estimate of drug-likeness (QED) is 0.406. The number of halogens is 1. The second-order valence-electron chi connectivity index (χ2n) is 9.61. The predicted octanol–water partition coefficient (Wildman–Crippen LogP) is 3.85. The number of nitrogens with one attached hydrogen (secondary N) is 2. The highest BCUT2D eigenvalue weighted by Crippen LogP contribution is 2.19. The molecule has 1 saturated heterocycles. The molecule has 3 aromatic carbocycles. The van der Waals surface area contributed by atoms with Crippen molar-refractivity contribution in [3.05, 3.63) is 95.8 Å². The second kappa shape index (κ2) is 13.0. The Morgan fingerprint density at radius 3 is 2.29 bits per heavy atom. The van der Waals surface area contributed by atoms with Gasteiger partial charge >= 0.3 is 0 Å². The number of likely N-dealkylation sites (N-methyl/N-ethyl adjacent to an activating group) is 1. The van der Waals surface area contributed by atoms with E-state index >= 15 is 0 Å². The van der Waals surface area contributed by atoms with Gasteiger partial charge < -0.3 is 19.7 Å². The summed E-state index contributed by atoms with van der Waals surface area (Å²) in [6.45, 7) is 1.95. The number of piperidine rings is 1. The third-order valence-electron chi connectivity index (χ3n) is 6.78. The molecule has 0 spiro atoms. The van der Waals surface area contributed by atoms with Crippen molar-refractivity contribution in [2.45, 2.75) is 36.2 Å². The Bertz CT molecular complexity index is 1200. The normalized spacial score (nSPS) is 16.0. The zero-order valence-corrected chi connectivity index (χ0v) is 22.4. The first-order valence-electron chi connectivity index (χ1n) is 12.6. The Balaban J connectivity index is 1.44. The van der Waals surface area contributed by atoms with Crippen LogP contribution in [-0.2, 0) is 22.6 Å². The minimum absolute atomic E-state index is 0.208. The van der Waals surface area contributed by atoms with Crippen LogP contribution in [0.5, 0.6) is 0 Å². The van der Waals surface area contributed by atoms with Crippen molar-refractivity contribution >= 4 is 28.9 Å². The summed E-state index contributed by atoms with van der Waals surface area (Å²) in [5.74, 6) is -1.18. The fraction of sp³-hybridized carbons (Fsp3) is 0.310. The van der Waals surface area contributed by atoms with Gasteiger partial charge in [-0.3, -0.25) is 9.59 Å². The van der Waals surface area contributed by atoms with Gasteiger partial charge in [0.05, 0.1) is 17.4 Å². The van der Waals surface area contributed by atoms with Crippen LogP contribution in [0.4, 0.5) is 10.1 Å². The molecule has 1 unspecified atom stereocenters. The zero-order valence-electron chi connectivity index (χ0n) is 21.6. The molecular formula is C29H33FN4O3S. The fourth-order valence-electron chi connectivity index (χ4n) is 4.41. The highest BCUT2D eigenvalue weighted by atomic mass is 32.2. The largest absolute Gasteiger partial charge is 0.593 e. The molecule has 0 aromatic heterocycles. The Hall–Kier alpha value is -3.24. The van der Waals surface area contributed by atoms with Gasteiger partial charge in [-0.1, -0.05) is 30.3 Å². The molecular weight excluding hydrogens is 503 g/mol. The molecule has 1 aliphatic heterocycles. The van der Waals surface area contributed by atoms with Crippen LogP contribution in [0.25, 0.3) is 0 Å². The van der Waals surface area contributed by atoms with Gasteiger partial charge in [-0.2, -0.15) is 0 Å². The summed E-state index contributed by atoms with van der Waals surface area (Å²) in [4.78, 5) is 30.8. The van der Waals surface area contributed by atoms with Crippen molar-refractivity contribution < 1.29 is 18.5 Å².